The first-order valence-corrected chi connectivity index (χ1v) is 7.34. The van der Waals surface area contributed by atoms with Crippen molar-refractivity contribution in [2.75, 3.05) is 25.0 Å². The Hall–Kier alpha value is -1.80. The highest BCUT2D eigenvalue weighted by Gasteiger charge is 2.16. The highest BCUT2D eigenvalue weighted by molar-refractivity contribution is 6.28. The lowest BCUT2D eigenvalue weighted by Crippen LogP contribution is -2.33. The van der Waals surface area contributed by atoms with Crippen LogP contribution in [-0.4, -0.2) is 60.3 Å². The molecular weight excluding hydrogens is 292 g/mol. The molecule has 2 aromatic rings. The lowest BCUT2D eigenvalue weighted by molar-refractivity contribution is 0.327. The first-order chi connectivity index (χ1) is 10.2. The molecule has 0 aliphatic carbocycles. The molecule has 1 atom stereocenters. The van der Waals surface area contributed by atoms with Crippen LogP contribution in [-0.2, 0) is 0 Å². The smallest absolute Gasteiger partial charge is 0.258 e. The molecule has 1 fully saturated rings. The lowest BCUT2D eigenvalue weighted by atomic mass is 10.3. The van der Waals surface area contributed by atoms with Gasteiger partial charge in [0.2, 0.25) is 11.2 Å². The topological polar surface area (TPSA) is 84.6 Å². The van der Waals surface area contributed by atoms with E-state index < -0.39 is 0 Å². The summed E-state index contributed by atoms with van der Waals surface area (Å²) in [6.07, 6.45) is 5.49. The third-order valence-corrected chi connectivity index (χ3v) is 3.50. The molecule has 0 saturated carbocycles. The monoisotopic (exact) mass is 308 g/mol. The van der Waals surface area contributed by atoms with E-state index in [0.717, 1.165) is 19.6 Å². The SMILES string of the molecule is CC(CN1CCCC1)Nc1nc(Cl)nc(-n2cncn2)n1. The van der Waals surface area contributed by atoms with Gasteiger partial charge in [0.1, 0.15) is 12.7 Å². The van der Waals surface area contributed by atoms with E-state index in [2.05, 4.69) is 42.2 Å². The number of nitrogens with one attached hydrogen (secondary N) is 1. The van der Waals surface area contributed by atoms with Gasteiger partial charge in [-0.2, -0.15) is 24.7 Å². The van der Waals surface area contributed by atoms with Crippen molar-refractivity contribution in [3.63, 3.8) is 0 Å². The Labute approximate surface area is 127 Å². The zero-order valence-electron chi connectivity index (χ0n) is 11.8. The molecule has 112 valence electrons. The Morgan fingerprint density at radius 3 is 2.81 bits per heavy atom. The summed E-state index contributed by atoms with van der Waals surface area (Å²) in [4.78, 5) is 18.8. The van der Waals surface area contributed by atoms with E-state index >= 15 is 0 Å². The van der Waals surface area contributed by atoms with Crippen LogP contribution in [0.15, 0.2) is 12.7 Å². The quantitative estimate of drug-likeness (QED) is 0.882. The summed E-state index contributed by atoms with van der Waals surface area (Å²) in [6.45, 7) is 5.38. The second-order valence-corrected chi connectivity index (χ2v) is 5.46. The molecule has 0 bridgehead atoms. The molecule has 9 heteroatoms. The predicted octanol–water partition coefficient (Wildman–Crippen LogP) is 1.00. The molecule has 1 unspecified atom stereocenters. The van der Waals surface area contributed by atoms with Gasteiger partial charge in [-0.3, -0.25) is 0 Å². The van der Waals surface area contributed by atoms with Crippen LogP contribution in [0.1, 0.15) is 19.8 Å². The zero-order valence-corrected chi connectivity index (χ0v) is 12.5. The van der Waals surface area contributed by atoms with Gasteiger partial charge in [0.05, 0.1) is 0 Å². The van der Waals surface area contributed by atoms with Gasteiger partial charge in [0, 0.05) is 12.6 Å². The van der Waals surface area contributed by atoms with Gasteiger partial charge in [-0.1, -0.05) is 0 Å². The van der Waals surface area contributed by atoms with Crippen LogP contribution in [0.5, 0.6) is 0 Å². The Kier molecular flexibility index (Phi) is 4.26. The number of rotatable bonds is 5. The van der Waals surface area contributed by atoms with E-state index in [1.165, 1.54) is 30.2 Å². The van der Waals surface area contributed by atoms with Crippen LogP contribution in [0.3, 0.4) is 0 Å². The van der Waals surface area contributed by atoms with Gasteiger partial charge in [0.25, 0.3) is 5.95 Å². The number of nitrogens with zero attached hydrogens (tertiary/aromatic N) is 7. The molecule has 21 heavy (non-hydrogen) atoms. The van der Waals surface area contributed by atoms with Crippen molar-refractivity contribution < 1.29 is 0 Å². The second kappa shape index (κ2) is 6.31. The largest absolute Gasteiger partial charge is 0.350 e. The maximum absolute atomic E-state index is 5.95. The second-order valence-electron chi connectivity index (χ2n) is 5.12. The Morgan fingerprint density at radius 2 is 2.10 bits per heavy atom. The molecule has 0 spiro atoms. The first kappa shape index (κ1) is 14.2. The van der Waals surface area contributed by atoms with Crippen molar-refractivity contribution >= 4 is 17.5 Å². The van der Waals surface area contributed by atoms with Gasteiger partial charge in [0.15, 0.2) is 0 Å². The van der Waals surface area contributed by atoms with Gasteiger partial charge in [-0.25, -0.2) is 4.98 Å². The molecule has 1 aliphatic heterocycles. The summed E-state index contributed by atoms with van der Waals surface area (Å²) in [5.41, 5.74) is 0. The Bertz CT molecular complexity index is 581. The fourth-order valence-electron chi connectivity index (χ4n) is 2.44. The summed E-state index contributed by atoms with van der Waals surface area (Å²) in [7, 11) is 0. The fourth-order valence-corrected chi connectivity index (χ4v) is 2.59. The molecule has 0 amide bonds. The van der Waals surface area contributed by atoms with E-state index in [1.807, 2.05) is 0 Å². The highest BCUT2D eigenvalue weighted by atomic mass is 35.5. The average Bonchev–Trinajstić information content (AvgIpc) is 3.10. The molecule has 2 aromatic heterocycles. The minimum atomic E-state index is 0.131. The lowest BCUT2D eigenvalue weighted by Gasteiger charge is -2.21. The summed E-state index contributed by atoms with van der Waals surface area (Å²) in [5, 5.41) is 7.38. The average molecular weight is 309 g/mol. The predicted molar refractivity (Wildman–Crippen MR) is 78.5 cm³/mol. The Balaban J connectivity index is 1.69. The van der Waals surface area contributed by atoms with Crippen molar-refractivity contribution in [3.05, 3.63) is 17.9 Å². The van der Waals surface area contributed by atoms with Crippen LogP contribution >= 0.6 is 11.6 Å². The minimum absolute atomic E-state index is 0.131. The minimum Gasteiger partial charge on any atom is -0.350 e. The normalized spacial score (nSPS) is 17.0. The molecule has 3 rings (SSSR count). The number of hydrogen-bond donors (Lipinski definition) is 1. The van der Waals surface area contributed by atoms with E-state index in [1.54, 1.807) is 0 Å². The summed E-state index contributed by atoms with van der Waals surface area (Å²) in [5.74, 6) is 0.801. The summed E-state index contributed by atoms with van der Waals surface area (Å²) >= 11 is 5.95. The van der Waals surface area contributed by atoms with Gasteiger partial charge in [-0.05, 0) is 44.5 Å². The summed E-state index contributed by atoms with van der Waals surface area (Å²) in [6, 6.07) is 0.227. The van der Waals surface area contributed by atoms with Crippen molar-refractivity contribution in [2.45, 2.75) is 25.8 Å². The van der Waals surface area contributed by atoms with E-state index in [9.17, 15) is 0 Å². The number of likely N-dealkylation sites (tertiary alicyclic amines) is 1. The molecule has 1 aliphatic rings. The number of halogens is 1. The summed E-state index contributed by atoms with van der Waals surface area (Å²) < 4.78 is 1.45. The van der Waals surface area contributed by atoms with Gasteiger partial charge >= 0.3 is 0 Å². The molecule has 0 aromatic carbocycles. The molecule has 0 radical (unpaired) electrons. The van der Waals surface area contributed by atoms with Crippen molar-refractivity contribution in [1.82, 2.24) is 34.6 Å². The van der Waals surface area contributed by atoms with E-state index in [0.29, 0.717) is 11.9 Å². The number of aromatic nitrogens is 6. The van der Waals surface area contributed by atoms with Crippen molar-refractivity contribution in [2.24, 2.45) is 0 Å². The standard InChI is InChI=1S/C12H17ClN8/c1-9(6-20-4-2-3-5-20)16-11-17-10(13)18-12(19-11)21-8-14-7-15-21/h7-9H,2-6H2,1H3,(H,16,17,18,19). The van der Waals surface area contributed by atoms with Crippen LogP contribution in [0, 0.1) is 0 Å². The number of hydrogen-bond acceptors (Lipinski definition) is 7. The molecular formula is C12H17ClN8. The Morgan fingerprint density at radius 1 is 1.29 bits per heavy atom. The molecule has 3 heterocycles. The van der Waals surface area contributed by atoms with Crippen molar-refractivity contribution in [3.8, 4) is 5.95 Å². The number of anilines is 1. The van der Waals surface area contributed by atoms with E-state index in [-0.39, 0.29) is 11.3 Å². The zero-order chi connectivity index (χ0) is 14.7. The molecule has 1 N–H and O–H groups in total. The van der Waals surface area contributed by atoms with E-state index in [4.69, 9.17) is 11.6 Å². The maximum atomic E-state index is 5.95. The third kappa shape index (κ3) is 3.64. The van der Waals surface area contributed by atoms with Crippen LogP contribution in [0.2, 0.25) is 5.28 Å². The maximum Gasteiger partial charge on any atom is 0.258 e. The van der Waals surface area contributed by atoms with Crippen LogP contribution in [0.4, 0.5) is 5.95 Å². The van der Waals surface area contributed by atoms with Crippen LogP contribution in [0.25, 0.3) is 5.95 Å². The highest BCUT2D eigenvalue weighted by Crippen LogP contribution is 2.12. The van der Waals surface area contributed by atoms with Gasteiger partial charge in [-0.15, -0.1) is 0 Å². The molecule has 1 saturated heterocycles. The van der Waals surface area contributed by atoms with Gasteiger partial charge < -0.3 is 10.2 Å². The van der Waals surface area contributed by atoms with Crippen LogP contribution < -0.4 is 5.32 Å². The first-order valence-electron chi connectivity index (χ1n) is 6.96. The fraction of sp³-hybridized carbons (Fsp3) is 0.583. The van der Waals surface area contributed by atoms with Crippen molar-refractivity contribution in [1.29, 1.82) is 0 Å². The third-order valence-electron chi connectivity index (χ3n) is 3.33. The molecule has 8 nitrogen and oxygen atoms in total.